The van der Waals surface area contributed by atoms with Gasteiger partial charge < -0.3 is 9.64 Å². The fourth-order valence-corrected chi connectivity index (χ4v) is 6.21. The van der Waals surface area contributed by atoms with Gasteiger partial charge in [-0.05, 0) is 48.1 Å². The van der Waals surface area contributed by atoms with Gasteiger partial charge in [-0.25, -0.2) is 9.78 Å². The summed E-state index contributed by atoms with van der Waals surface area (Å²) < 4.78 is 6.65. The minimum absolute atomic E-state index is 0.0261. The predicted octanol–water partition coefficient (Wildman–Crippen LogP) is 6.74. The van der Waals surface area contributed by atoms with Crippen LogP contribution in [0.2, 0.25) is 0 Å². The Bertz CT molecular complexity index is 1870. The number of aryl methyl sites for hydroxylation is 2. The molecular weight excluding hydrogens is 568 g/mol. The summed E-state index contributed by atoms with van der Waals surface area (Å²) in [6.07, 6.45) is 4.77. The molecular formula is C36H34N4O3S. The number of carbonyl (C=O) groups is 1. The van der Waals surface area contributed by atoms with E-state index in [1.165, 1.54) is 11.8 Å². The van der Waals surface area contributed by atoms with Crippen molar-refractivity contribution < 1.29 is 9.53 Å². The van der Waals surface area contributed by atoms with Gasteiger partial charge in [-0.1, -0.05) is 98.0 Å². The second-order valence-corrected chi connectivity index (χ2v) is 11.6. The molecule has 6 rings (SSSR count). The molecule has 0 bridgehead atoms. The number of hydrogen-bond acceptors (Lipinski definition) is 5. The number of fused-ring (bicyclic) bond motifs is 1. The van der Waals surface area contributed by atoms with Crippen LogP contribution >= 0.6 is 12.2 Å². The largest absolute Gasteiger partial charge is 0.417 e. The minimum Gasteiger partial charge on any atom is -0.409 e. The van der Waals surface area contributed by atoms with Crippen LogP contribution in [0.3, 0.4) is 0 Å². The molecule has 0 fully saturated rings. The number of benzene rings is 3. The molecule has 44 heavy (non-hydrogen) atoms. The van der Waals surface area contributed by atoms with Crippen molar-refractivity contribution in [2.75, 3.05) is 11.4 Å². The number of amides is 1. The molecule has 8 heteroatoms. The molecule has 0 saturated heterocycles. The van der Waals surface area contributed by atoms with E-state index in [0.717, 1.165) is 76.7 Å². The van der Waals surface area contributed by atoms with Crippen LogP contribution in [0, 0.1) is 6.92 Å². The van der Waals surface area contributed by atoms with Crippen LogP contribution in [0.25, 0.3) is 16.8 Å². The van der Waals surface area contributed by atoms with E-state index < -0.39 is 6.09 Å². The van der Waals surface area contributed by atoms with Gasteiger partial charge in [0.2, 0.25) is 0 Å². The van der Waals surface area contributed by atoms with Crippen molar-refractivity contribution in [2.24, 2.45) is 0 Å². The number of unbranched alkanes of at least 4 members (excludes halogenated alkanes) is 1. The second-order valence-electron chi connectivity index (χ2n) is 11.1. The van der Waals surface area contributed by atoms with Gasteiger partial charge in [0, 0.05) is 41.9 Å². The summed E-state index contributed by atoms with van der Waals surface area (Å²) in [4.78, 5) is 33.7. The lowest BCUT2D eigenvalue weighted by Crippen LogP contribution is -2.35. The number of cyclic esters (lactones) is 1. The lowest BCUT2D eigenvalue weighted by molar-refractivity contribution is 0.189. The van der Waals surface area contributed by atoms with E-state index in [2.05, 4.69) is 41.1 Å². The van der Waals surface area contributed by atoms with Gasteiger partial charge in [0.05, 0.1) is 17.2 Å². The Morgan fingerprint density at radius 2 is 1.77 bits per heavy atom. The maximum Gasteiger partial charge on any atom is 0.417 e. The first-order valence-electron chi connectivity index (χ1n) is 15.0. The number of thiocarbonyl (C=S) groups is 1. The number of ether oxygens (including phenoxy) is 1. The number of nitrogens with zero attached hydrogens (tertiary/aromatic N) is 3. The number of para-hydroxylation sites is 1. The molecule has 0 aliphatic carbocycles. The first-order valence-corrected chi connectivity index (χ1v) is 15.4. The number of hydrogen-bond donors (Lipinski definition) is 1. The van der Waals surface area contributed by atoms with Crippen LogP contribution in [-0.2, 0) is 30.5 Å². The smallest absolute Gasteiger partial charge is 0.409 e. The van der Waals surface area contributed by atoms with E-state index in [1.807, 2.05) is 66.1 Å². The highest BCUT2D eigenvalue weighted by atomic mass is 32.1. The lowest BCUT2D eigenvalue weighted by atomic mass is 9.97. The van der Waals surface area contributed by atoms with Gasteiger partial charge in [0.15, 0.2) is 0 Å². The van der Waals surface area contributed by atoms with E-state index >= 15 is 0 Å². The van der Waals surface area contributed by atoms with E-state index in [-0.39, 0.29) is 5.56 Å². The SMILES string of the molecule is CCCCc1nc(C)c(CC(=S)N2CCc3ccccc32)c(=O)n1Cc1ccc(-c2ccccc2C2=C=COC(=O)N2)cc1. The molecule has 0 saturated carbocycles. The highest BCUT2D eigenvalue weighted by Crippen LogP contribution is 2.30. The zero-order chi connectivity index (χ0) is 30.6. The molecule has 1 aromatic heterocycles. The van der Waals surface area contributed by atoms with Gasteiger partial charge >= 0.3 is 6.09 Å². The quantitative estimate of drug-likeness (QED) is 0.169. The van der Waals surface area contributed by atoms with Crippen LogP contribution in [0.15, 0.2) is 89.6 Å². The standard InChI is InChI=1S/C36H34N4O3S/c1-3-4-13-33-37-24(2)30(22-34(44)39-20-18-27-9-5-8-12-32(27)39)35(41)40(33)23-25-14-16-26(17-15-25)28-10-6-7-11-29(28)31-19-21-43-36(42)38-31/h5-12,14-17,21H,3-4,13,18,20,22-23H2,1-2H3,(H,38,42). The van der Waals surface area contributed by atoms with Crippen LogP contribution in [0.4, 0.5) is 10.5 Å². The Balaban J connectivity index is 1.29. The molecule has 2 aliphatic rings. The van der Waals surface area contributed by atoms with Gasteiger partial charge in [0.25, 0.3) is 5.56 Å². The summed E-state index contributed by atoms with van der Waals surface area (Å²) in [5, 5.41) is 2.72. The van der Waals surface area contributed by atoms with Crippen molar-refractivity contribution in [3.63, 3.8) is 0 Å². The summed E-state index contributed by atoms with van der Waals surface area (Å²) >= 11 is 5.90. The van der Waals surface area contributed by atoms with E-state index in [1.54, 1.807) is 0 Å². The molecule has 0 atom stereocenters. The van der Waals surface area contributed by atoms with Crippen molar-refractivity contribution in [1.82, 2.24) is 14.9 Å². The Kier molecular flexibility index (Phi) is 8.55. The molecule has 222 valence electrons. The predicted molar refractivity (Wildman–Crippen MR) is 178 cm³/mol. The van der Waals surface area contributed by atoms with Crippen LogP contribution < -0.4 is 15.8 Å². The van der Waals surface area contributed by atoms with Crippen LogP contribution in [0.5, 0.6) is 0 Å². The zero-order valence-electron chi connectivity index (χ0n) is 24.9. The Labute approximate surface area is 262 Å². The Morgan fingerprint density at radius 1 is 1.02 bits per heavy atom. The van der Waals surface area contributed by atoms with Gasteiger partial charge in [-0.2, -0.15) is 0 Å². The van der Waals surface area contributed by atoms with Crippen molar-refractivity contribution in [1.29, 1.82) is 0 Å². The van der Waals surface area contributed by atoms with Crippen molar-refractivity contribution in [3.05, 3.63) is 129 Å². The molecule has 3 heterocycles. The fourth-order valence-electron chi connectivity index (χ4n) is 5.87. The maximum atomic E-state index is 14.1. The highest BCUT2D eigenvalue weighted by Gasteiger charge is 2.24. The maximum absolute atomic E-state index is 14.1. The third-order valence-corrected chi connectivity index (χ3v) is 8.58. The molecule has 2 aliphatic heterocycles. The molecule has 0 radical (unpaired) electrons. The normalized spacial score (nSPS) is 13.7. The summed E-state index contributed by atoms with van der Waals surface area (Å²) in [6.45, 7) is 5.32. The molecule has 3 aromatic carbocycles. The minimum atomic E-state index is -0.537. The molecule has 4 aromatic rings. The van der Waals surface area contributed by atoms with E-state index in [4.69, 9.17) is 21.9 Å². The van der Waals surface area contributed by atoms with Crippen LogP contribution in [-0.4, -0.2) is 27.2 Å². The molecule has 7 nitrogen and oxygen atoms in total. The molecule has 0 spiro atoms. The van der Waals surface area contributed by atoms with Gasteiger partial charge in [-0.3, -0.25) is 14.7 Å². The average molecular weight is 603 g/mol. The van der Waals surface area contributed by atoms with Crippen molar-refractivity contribution in [3.8, 4) is 11.1 Å². The number of nitrogens with one attached hydrogen (secondary N) is 1. The number of rotatable bonds is 9. The third kappa shape index (κ3) is 6.00. The Hall–Kier alpha value is -4.78. The first-order chi connectivity index (χ1) is 21.4. The zero-order valence-corrected chi connectivity index (χ0v) is 25.7. The average Bonchev–Trinajstić information content (AvgIpc) is 3.48. The summed E-state index contributed by atoms with van der Waals surface area (Å²) in [6, 6.07) is 24.3. The number of aromatic nitrogens is 2. The van der Waals surface area contributed by atoms with Crippen molar-refractivity contribution >= 4 is 34.7 Å². The monoisotopic (exact) mass is 602 g/mol. The van der Waals surface area contributed by atoms with Gasteiger partial charge in [-0.15, -0.1) is 0 Å². The topological polar surface area (TPSA) is 76.5 Å². The van der Waals surface area contributed by atoms with Gasteiger partial charge in [0.1, 0.15) is 12.1 Å². The van der Waals surface area contributed by atoms with Crippen molar-refractivity contribution in [2.45, 2.75) is 52.5 Å². The summed E-state index contributed by atoms with van der Waals surface area (Å²) in [7, 11) is 0. The summed E-state index contributed by atoms with van der Waals surface area (Å²) in [5.41, 5.74) is 11.1. The van der Waals surface area contributed by atoms with E-state index in [0.29, 0.717) is 24.2 Å². The van der Waals surface area contributed by atoms with E-state index in [9.17, 15) is 9.59 Å². The molecule has 1 amide bonds. The molecule has 0 unspecified atom stereocenters. The number of alkyl carbamates (subject to hydrolysis) is 1. The second kappa shape index (κ2) is 12.8. The fraction of sp³-hybridized carbons (Fsp3) is 0.250. The Morgan fingerprint density at radius 3 is 2.55 bits per heavy atom. The molecule has 1 N–H and O–H groups in total. The number of anilines is 1. The third-order valence-electron chi connectivity index (χ3n) is 8.22. The first kappa shape index (κ1) is 29.3. The van der Waals surface area contributed by atoms with Crippen LogP contribution in [0.1, 0.15) is 53.5 Å². The lowest BCUT2D eigenvalue weighted by Gasteiger charge is -2.22. The number of carbonyl (C=O) groups excluding carboxylic acids is 1. The summed E-state index contributed by atoms with van der Waals surface area (Å²) in [5.74, 6) is 0.805. The highest BCUT2D eigenvalue weighted by molar-refractivity contribution is 7.80.